The van der Waals surface area contributed by atoms with Crippen molar-refractivity contribution in [2.75, 3.05) is 0 Å². The Morgan fingerprint density at radius 3 is 2.68 bits per heavy atom. The van der Waals surface area contributed by atoms with Gasteiger partial charge in [-0.05, 0) is 42.9 Å². The summed E-state index contributed by atoms with van der Waals surface area (Å²) in [6.45, 7) is 4.49. The van der Waals surface area contributed by atoms with Crippen molar-refractivity contribution in [1.29, 1.82) is 0 Å². The molecule has 1 unspecified atom stereocenters. The van der Waals surface area contributed by atoms with Gasteiger partial charge in [-0.25, -0.2) is 0 Å². The van der Waals surface area contributed by atoms with Crippen LogP contribution in [0, 0.1) is 5.92 Å². The molecule has 0 bridgehead atoms. The highest BCUT2D eigenvalue weighted by atomic mass is 15.2. The number of fused-ring (bicyclic) bond motifs is 1. The molecule has 0 spiro atoms. The van der Waals surface area contributed by atoms with Gasteiger partial charge in [-0.1, -0.05) is 32.0 Å². The van der Waals surface area contributed by atoms with Gasteiger partial charge in [0.1, 0.15) is 0 Å². The van der Waals surface area contributed by atoms with Gasteiger partial charge in [-0.3, -0.25) is 16.3 Å². The minimum absolute atomic E-state index is 0.327. The van der Waals surface area contributed by atoms with Crippen molar-refractivity contribution in [2.45, 2.75) is 39.2 Å². The van der Waals surface area contributed by atoms with E-state index >= 15 is 0 Å². The number of nitrogens with two attached hydrogens (primary N) is 1. The van der Waals surface area contributed by atoms with Gasteiger partial charge in [0.2, 0.25) is 0 Å². The summed E-state index contributed by atoms with van der Waals surface area (Å²) in [7, 11) is 0. The summed E-state index contributed by atoms with van der Waals surface area (Å²) in [6.07, 6.45) is 5.13. The first-order valence-corrected chi connectivity index (χ1v) is 6.99. The Bertz CT molecular complexity index is 517. The Morgan fingerprint density at radius 1 is 1.16 bits per heavy atom. The van der Waals surface area contributed by atoms with Crippen molar-refractivity contribution in [3.63, 3.8) is 0 Å². The van der Waals surface area contributed by atoms with E-state index in [2.05, 4.69) is 48.5 Å². The maximum Gasteiger partial charge on any atom is 0.0704 e. The number of aromatic nitrogens is 1. The maximum atomic E-state index is 5.69. The molecule has 0 aliphatic rings. The van der Waals surface area contributed by atoms with Crippen molar-refractivity contribution >= 4 is 10.9 Å². The van der Waals surface area contributed by atoms with Gasteiger partial charge in [0.15, 0.2) is 0 Å². The third kappa shape index (κ3) is 3.75. The van der Waals surface area contributed by atoms with Crippen LogP contribution in [-0.2, 0) is 6.42 Å². The molecule has 0 aliphatic carbocycles. The summed E-state index contributed by atoms with van der Waals surface area (Å²) in [5.74, 6) is 6.40. The largest absolute Gasteiger partial charge is 0.271 e. The van der Waals surface area contributed by atoms with E-state index in [0.717, 1.165) is 18.4 Å². The van der Waals surface area contributed by atoms with Gasteiger partial charge in [0, 0.05) is 17.6 Å². The number of pyridine rings is 1. The lowest BCUT2D eigenvalue weighted by Crippen LogP contribution is -2.37. The maximum absolute atomic E-state index is 5.69. The van der Waals surface area contributed by atoms with E-state index in [1.807, 2.05) is 12.3 Å². The summed E-state index contributed by atoms with van der Waals surface area (Å²) >= 11 is 0. The zero-order valence-corrected chi connectivity index (χ0v) is 11.8. The van der Waals surface area contributed by atoms with Crippen LogP contribution in [0.1, 0.15) is 32.3 Å². The highest BCUT2D eigenvalue weighted by Crippen LogP contribution is 2.19. The highest BCUT2D eigenvalue weighted by molar-refractivity contribution is 5.81. The van der Waals surface area contributed by atoms with Crippen molar-refractivity contribution in [1.82, 2.24) is 10.4 Å². The van der Waals surface area contributed by atoms with E-state index in [1.54, 1.807) is 0 Å². The first kappa shape index (κ1) is 14.0. The van der Waals surface area contributed by atoms with Crippen LogP contribution in [0.4, 0.5) is 0 Å². The fourth-order valence-electron chi connectivity index (χ4n) is 2.38. The summed E-state index contributed by atoms with van der Waals surface area (Å²) in [5, 5.41) is 1.23. The minimum Gasteiger partial charge on any atom is -0.271 e. The van der Waals surface area contributed by atoms with Crippen molar-refractivity contribution in [3.05, 3.63) is 42.1 Å². The molecule has 2 rings (SSSR count). The molecule has 0 aliphatic heterocycles. The van der Waals surface area contributed by atoms with E-state index in [1.165, 1.54) is 17.4 Å². The number of nitrogens with one attached hydrogen (secondary N) is 1. The fourth-order valence-corrected chi connectivity index (χ4v) is 2.38. The van der Waals surface area contributed by atoms with E-state index < -0.39 is 0 Å². The van der Waals surface area contributed by atoms with E-state index in [0.29, 0.717) is 12.0 Å². The second-order valence-corrected chi connectivity index (χ2v) is 5.53. The summed E-state index contributed by atoms with van der Waals surface area (Å²) < 4.78 is 0. The van der Waals surface area contributed by atoms with Gasteiger partial charge >= 0.3 is 0 Å². The predicted molar refractivity (Wildman–Crippen MR) is 80.6 cm³/mol. The van der Waals surface area contributed by atoms with Crippen LogP contribution >= 0.6 is 0 Å². The van der Waals surface area contributed by atoms with Crippen LogP contribution in [-0.4, -0.2) is 11.0 Å². The Kier molecular flexibility index (Phi) is 4.88. The molecule has 102 valence electrons. The van der Waals surface area contributed by atoms with Crippen molar-refractivity contribution in [2.24, 2.45) is 11.8 Å². The van der Waals surface area contributed by atoms with E-state index in [4.69, 9.17) is 5.84 Å². The van der Waals surface area contributed by atoms with Crippen LogP contribution in [0.15, 0.2) is 36.5 Å². The summed E-state index contributed by atoms with van der Waals surface area (Å²) in [6, 6.07) is 10.7. The van der Waals surface area contributed by atoms with Crippen LogP contribution in [0.25, 0.3) is 10.9 Å². The molecule has 0 saturated heterocycles. The number of benzene rings is 1. The quantitative estimate of drug-likeness (QED) is 0.617. The van der Waals surface area contributed by atoms with Gasteiger partial charge in [0.05, 0.1) is 5.52 Å². The normalized spacial score (nSPS) is 13.1. The van der Waals surface area contributed by atoms with Gasteiger partial charge in [0.25, 0.3) is 0 Å². The molecule has 1 aromatic carbocycles. The molecule has 1 aromatic heterocycles. The smallest absolute Gasteiger partial charge is 0.0704 e. The Morgan fingerprint density at radius 2 is 1.95 bits per heavy atom. The second-order valence-electron chi connectivity index (χ2n) is 5.53. The average molecular weight is 257 g/mol. The minimum atomic E-state index is 0.327. The Labute approximate surface area is 115 Å². The molecule has 1 heterocycles. The van der Waals surface area contributed by atoms with Crippen LogP contribution < -0.4 is 11.3 Å². The van der Waals surface area contributed by atoms with E-state index in [-0.39, 0.29) is 0 Å². The lowest BCUT2D eigenvalue weighted by Gasteiger charge is -2.18. The number of hydrazine groups is 1. The molecule has 0 amide bonds. The standard InChI is InChI=1S/C16H23N3/c1-12(2)7-8-14(19-17)11-13-9-10-18-16-6-4-3-5-15(13)16/h3-6,9-10,12,14,19H,7-8,11,17H2,1-2H3. The van der Waals surface area contributed by atoms with Crippen molar-refractivity contribution < 1.29 is 0 Å². The Hall–Kier alpha value is -1.45. The van der Waals surface area contributed by atoms with Crippen molar-refractivity contribution in [3.8, 4) is 0 Å². The molecule has 19 heavy (non-hydrogen) atoms. The second kappa shape index (κ2) is 6.64. The number of rotatable bonds is 6. The summed E-state index contributed by atoms with van der Waals surface area (Å²) in [5.41, 5.74) is 5.32. The van der Waals surface area contributed by atoms with Gasteiger partial charge in [-0.2, -0.15) is 0 Å². The zero-order chi connectivity index (χ0) is 13.7. The van der Waals surface area contributed by atoms with E-state index in [9.17, 15) is 0 Å². The van der Waals surface area contributed by atoms with Crippen LogP contribution in [0.3, 0.4) is 0 Å². The molecule has 0 radical (unpaired) electrons. The zero-order valence-electron chi connectivity index (χ0n) is 11.8. The number of hydrogen-bond acceptors (Lipinski definition) is 3. The molecule has 3 heteroatoms. The summed E-state index contributed by atoms with van der Waals surface area (Å²) in [4.78, 5) is 4.40. The lowest BCUT2D eigenvalue weighted by atomic mass is 9.96. The predicted octanol–water partition coefficient (Wildman–Crippen LogP) is 3.05. The number of hydrogen-bond donors (Lipinski definition) is 2. The number of para-hydroxylation sites is 1. The first-order valence-electron chi connectivity index (χ1n) is 6.99. The monoisotopic (exact) mass is 257 g/mol. The Balaban J connectivity index is 2.15. The fraction of sp³-hybridized carbons (Fsp3) is 0.438. The molecule has 3 N–H and O–H groups in total. The topological polar surface area (TPSA) is 50.9 Å². The highest BCUT2D eigenvalue weighted by Gasteiger charge is 2.11. The van der Waals surface area contributed by atoms with Gasteiger partial charge < -0.3 is 0 Å². The molecule has 3 nitrogen and oxygen atoms in total. The lowest BCUT2D eigenvalue weighted by molar-refractivity contribution is 0.435. The average Bonchev–Trinajstić information content (AvgIpc) is 2.43. The third-order valence-electron chi connectivity index (χ3n) is 3.53. The van der Waals surface area contributed by atoms with Crippen LogP contribution in [0.5, 0.6) is 0 Å². The molecule has 2 aromatic rings. The van der Waals surface area contributed by atoms with Crippen LogP contribution in [0.2, 0.25) is 0 Å². The molecular formula is C16H23N3. The first-order chi connectivity index (χ1) is 9.20. The van der Waals surface area contributed by atoms with Gasteiger partial charge in [-0.15, -0.1) is 0 Å². The number of nitrogens with zero attached hydrogens (tertiary/aromatic N) is 1. The molecule has 1 atom stereocenters. The third-order valence-corrected chi connectivity index (χ3v) is 3.53. The molecule has 0 fully saturated rings. The molecule has 0 saturated carbocycles. The SMILES string of the molecule is CC(C)CCC(Cc1ccnc2ccccc12)NN. The molecular weight excluding hydrogens is 234 g/mol.